The summed E-state index contributed by atoms with van der Waals surface area (Å²) in [6.07, 6.45) is 0. The smallest absolute Gasteiger partial charge is 0.338 e. The molecule has 6 nitrogen and oxygen atoms in total. The first-order chi connectivity index (χ1) is 7.29. The Bertz CT molecular complexity index is 546. The summed E-state index contributed by atoms with van der Waals surface area (Å²) < 4.78 is 36.1. The molecule has 0 bridgehead atoms. The number of rotatable bonds is 3. The van der Waals surface area contributed by atoms with Gasteiger partial charge in [-0.05, 0) is 12.1 Å². The Kier molecular flexibility index (Phi) is 3.63. The lowest BCUT2D eigenvalue weighted by atomic mass is 10.2. The van der Waals surface area contributed by atoms with E-state index in [0.29, 0.717) is 0 Å². The van der Waals surface area contributed by atoms with Gasteiger partial charge in [0.05, 0.1) is 5.56 Å². The highest BCUT2D eigenvalue weighted by Crippen LogP contribution is 2.23. The second-order valence-electron chi connectivity index (χ2n) is 2.69. The van der Waals surface area contributed by atoms with Crippen LogP contribution in [-0.4, -0.2) is 19.5 Å². The van der Waals surface area contributed by atoms with Gasteiger partial charge < -0.3 is 5.11 Å². The lowest BCUT2D eigenvalue weighted by Gasteiger charge is -2.06. The van der Waals surface area contributed by atoms with Crippen molar-refractivity contribution in [1.82, 2.24) is 4.83 Å². The molecule has 0 fully saturated rings. The molecule has 4 N–H and O–H groups in total. The van der Waals surface area contributed by atoms with E-state index in [1.54, 1.807) is 0 Å². The Morgan fingerprint density at radius 2 is 2.06 bits per heavy atom. The number of sulfonamides is 1. The van der Waals surface area contributed by atoms with Crippen LogP contribution in [0, 0.1) is 5.82 Å². The SMILES string of the molecule is NNS(=O)(=O)c1cc(Br)cc(C(=O)O)c1F. The predicted octanol–water partition coefficient (Wildman–Crippen LogP) is 0.438. The summed E-state index contributed by atoms with van der Waals surface area (Å²) in [6, 6.07) is 1.87. The molecule has 0 saturated carbocycles. The van der Waals surface area contributed by atoms with E-state index >= 15 is 0 Å². The van der Waals surface area contributed by atoms with Gasteiger partial charge >= 0.3 is 5.97 Å². The molecular weight excluding hydrogens is 307 g/mol. The van der Waals surface area contributed by atoms with Gasteiger partial charge in [0.25, 0.3) is 10.0 Å². The largest absolute Gasteiger partial charge is 0.478 e. The van der Waals surface area contributed by atoms with Gasteiger partial charge in [-0.2, -0.15) is 0 Å². The minimum Gasteiger partial charge on any atom is -0.478 e. The van der Waals surface area contributed by atoms with Gasteiger partial charge in [0.2, 0.25) is 0 Å². The average molecular weight is 313 g/mol. The van der Waals surface area contributed by atoms with E-state index in [-0.39, 0.29) is 4.47 Å². The minimum atomic E-state index is -4.25. The van der Waals surface area contributed by atoms with Crippen LogP contribution >= 0.6 is 15.9 Å². The molecule has 0 aliphatic carbocycles. The quantitative estimate of drug-likeness (QED) is 0.554. The number of hydrazine groups is 1. The van der Waals surface area contributed by atoms with Crippen LogP contribution in [0.25, 0.3) is 0 Å². The summed E-state index contributed by atoms with van der Waals surface area (Å²) in [6.45, 7) is 0. The van der Waals surface area contributed by atoms with Crippen LogP contribution in [0.3, 0.4) is 0 Å². The number of hydrogen-bond donors (Lipinski definition) is 3. The molecular formula is C7H6BrFN2O4S. The number of carbonyl (C=O) groups is 1. The van der Waals surface area contributed by atoms with Crippen molar-refractivity contribution in [3.63, 3.8) is 0 Å². The summed E-state index contributed by atoms with van der Waals surface area (Å²) in [5, 5.41) is 8.65. The van der Waals surface area contributed by atoms with Crippen molar-refractivity contribution in [3.05, 3.63) is 28.0 Å². The van der Waals surface area contributed by atoms with Crippen LogP contribution in [0.5, 0.6) is 0 Å². The molecule has 1 aromatic rings. The van der Waals surface area contributed by atoms with Crippen molar-refractivity contribution in [1.29, 1.82) is 0 Å². The number of halogens is 2. The molecule has 1 rings (SSSR count). The van der Waals surface area contributed by atoms with Gasteiger partial charge in [0.1, 0.15) is 4.90 Å². The minimum absolute atomic E-state index is 0.111. The van der Waals surface area contributed by atoms with E-state index in [1.807, 2.05) is 0 Å². The lowest BCUT2D eigenvalue weighted by Crippen LogP contribution is -2.31. The number of nitrogens with one attached hydrogen (secondary N) is 1. The number of aromatic carboxylic acids is 1. The first-order valence-electron chi connectivity index (χ1n) is 3.74. The van der Waals surface area contributed by atoms with Gasteiger partial charge in [-0.15, -0.1) is 4.83 Å². The maximum Gasteiger partial charge on any atom is 0.338 e. The van der Waals surface area contributed by atoms with Crippen LogP contribution in [0.2, 0.25) is 0 Å². The third-order valence-corrected chi connectivity index (χ3v) is 3.32. The summed E-state index contributed by atoms with van der Waals surface area (Å²) in [5.41, 5.74) is -0.761. The van der Waals surface area contributed by atoms with Crippen LogP contribution in [-0.2, 0) is 10.0 Å². The predicted molar refractivity (Wildman–Crippen MR) is 55.6 cm³/mol. The summed E-state index contributed by atoms with van der Waals surface area (Å²) >= 11 is 2.87. The Balaban J connectivity index is 3.60. The number of hydrogen-bond acceptors (Lipinski definition) is 4. The zero-order chi connectivity index (χ0) is 12.5. The normalized spacial score (nSPS) is 11.4. The molecule has 0 aliphatic rings. The van der Waals surface area contributed by atoms with E-state index < -0.39 is 32.3 Å². The highest BCUT2D eigenvalue weighted by molar-refractivity contribution is 9.10. The van der Waals surface area contributed by atoms with Crippen LogP contribution in [0.15, 0.2) is 21.5 Å². The monoisotopic (exact) mass is 312 g/mol. The third kappa shape index (κ3) is 2.38. The maximum atomic E-state index is 13.5. The molecule has 0 radical (unpaired) electrons. The van der Waals surface area contributed by atoms with Crippen molar-refractivity contribution in [2.75, 3.05) is 0 Å². The molecule has 0 saturated heterocycles. The lowest BCUT2D eigenvalue weighted by molar-refractivity contribution is 0.0691. The highest BCUT2D eigenvalue weighted by Gasteiger charge is 2.23. The molecule has 0 amide bonds. The summed E-state index contributed by atoms with van der Waals surface area (Å²) in [7, 11) is -4.25. The second-order valence-corrected chi connectivity index (χ2v) is 5.29. The third-order valence-electron chi connectivity index (χ3n) is 1.68. The molecule has 0 heterocycles. The van der Waals surface area contributed by atoms with Crippen molar-refractivity contribution in [2.24, 2.45) is 5.84 Å². The summed E-state index contributed by atoms with van der Waals surface area (Å²) in [4.78, 5) is 11.2. The van der Waals surface area contributed by atoms with E-state index in [4.69, 9.17) is 10.9 Å². The fourth-order valence-corrected chi connectivity index (χ4v) is 2.34. The Hall–Kier alpha value is -1.03. The van der Waals surface area contributed by atoms with E-state index in [1.165, 1.54) is 4.83 Å². The zero-order valence-corrected chi connectivity index (χ0v) is 9.97. The van der Waals surface area contributed by atoms with Gasteiger partial charge in [-0.3, -0.25) is 5.84 Å². The Labute approximate surface area is 98.4 Å². The summed E-state index contributed by atoms with van der Waals surface area (Å²) in [5.74, 6) is 1.77. The molecule has 0 atom stereocenters. The molecule has 0 aromatic heterocycles. The Morgan fingerprint density at radius 1 is 1.50 bits per heavy atom. The fourth-order valence-electron chi connectivity index (χ4n) is 0.979. The van der Waals surface area contributed by atoms with Crippen LogP contribution < -0.4 is 10.7 Å². The molecule has 0 aliphatic heterocycles. The first kappa shape index (κ1) is 13.0. The van der Waals surface area contributed by atoms with Gasteiger partial charge in [-0.25, -0.2) is 17.6 Å². The van der Waals surface area contributed by atoms with Crippen molar-refractivity contribution in [3.8, 4) is 0 Å². The number of carboxylic acids is 1. The molecule has 9 heteroatoms. The first-order valence-corrected chi connectivity index (χ1v) is 6.02. The van der Waals surface area contributed by atoms with Crippen LogP contribution in [0.4, 0.5) is 4.39 Å². The van der Waals surface area contributed by atoms with Gasteiger partial charge in [0, 0.05) is 4.47 Å². The zero-order valence-electron chi connectivity index (χ0n) is 7.57. The van der Waals surface area contributed by atoms with Gasteiger partial charge in [0.15, 0.2) is 5.82 Å². The van der Waals surface area contributed by atoms with Gasteiger partial charge in [-0.1, -0.05) is 15.9 Å². The number of carboxylic acid groups (broad SMARTS) is 1. The molecule has 88 valence electrons. The average Bonchev–Trinajstić information content (AvgIpc) is 2.20. The van der Waals surface area contributed by atoms with E-state index in [2.05, 4.69) is 15.9 Å². The van der Waals surface area contributed by atoms with Crippen molar-refractivity contribution in [2.45, 2.75) is 4.90 Å². The standard InChI is InChI=1S/C7H6BrFN2O4S/c8-3-1-4(7(12)13)6(9)5(2-3)16(14,15)11-10/h1-2,11H,10H2,(H,12,13). The van der Waals surface area contributed by atoms with Crippen LogP contribution in [0.1, 0.15) is 10.4 Å². The fraction of sp³-hybridized carbons (Fsp3) is 0. The number of benzene rings is 1. The number of nitrogens with two attached hydrogens (primary N) is 1. The van der Waals surface area contributed by atoms with E-state index in [0.717, 1.165) is 12.1 Å². The highest BCUT2D eigenvalue weighted by atomic mass is 79.9. The Morgan fingerprint density at radius 3 is 2.50 bits per heavy atom. The molecule has 16 heavy (non-hydrogen) atoms. The van der Waals surface area contributed by atoms with Crippen molar-refractivity contribution >= 4 is 31.9 Å². The maximum absolute atomic E-state index is 13.5. The topological polar surface area (TPSA) is 109 Å². The molecule has 0 spiro atoms. The van der Waals surface area contributed by atoms with E-state index in [9.17, 15) is 17.6 Å². The molecule has 0 unspecified atom stereocenters. The second kappa shape index (κ2) is 4.45. The van der Waals surface area contributed by atoms with Crippen molar-refractivity contribution < 1.29 is 22.7 Å². The molecule has 1 aromatic carbocycles.